The summed E-state index contributed by atoms with van der Waals surface area (Å²) < 4.78 is 2.48. The lowest BCUT2D eigenvalue weighted by molar-refractivity contribution is 0.885. The van der Waals surface area contributed by atoms with E-state index < -0.39 is 0 Å². The molecular weight excluding hydrogens is 603 g/mol. The minimum Gasteiger partial charge on any atom is -0.366 e. The SMILES string of the molecule is Cc1cc(-n2c3ccc(-c4ncccn4)cc3c3cc4c5c(c32)CCc2cc3c([nH]c6ccc(C7=NC=CCN7)cc63)c(c2-5)CC4)ccn1. The third-order valence-electron chi connectivity index (χ3n) is 10.8. The van der Waals surface area contributed by atoms with Gasteiger partial charge in [-0.15, -0.1) is 0 Å². The van der Waals surface area contributed by atoms with Crippen LogP contribution in [0.1, 0.15) is 33.5 Å². The maximum atomic E-state index is 4.61. The zero-order valence-electron chi connectivity index (χ0n) is 27.0. The molecule has 11 rings (SSSR count). The summed E-state index contributed by atoms with van der Waals surface area (Å²) in [6.07, 6.45) is 13.5. The number of nitrogens with one attached hydrogen (secondary N) is 2. The molecule has 4 aromatic heterocycles. The Labute approximate surface area is 282 Å². The third kappa shape index (κ3) is 3.84. The zero-order chi connectivity index (χ0) is 32.2. The van der Waals surface area contributed by atoms with Gasteiger partial charge in [0, 0.05) is 80.9 Å². The number of aryl methyl sites for hydroxylation is 5. The highest BCUT2D eigenvalue weighted by Crippen LogP contribution is 2.50. The molecule has 0 saturated heterocycles. The van der Waals surface area contributed by atoms with Crippen molar-refractivity contribution < 1.29 is 0 Å². The van der Waals surface area contributed by atoms with Crippen molar-refractivity contribution in [1.29, 1.82) is 0 Å². The number of fused-ring (bicyclic) bond motifs is 8. The largest absolute Gasteiger partial charge is 0.366 e. The Hall–Kier alpha value is -6.08. The first-order valence-corrected chi connectivity index (χ1v) is 17.1. The number of aromatic amines is 1. The van der Waals surface area contributed by atoms with Crippen molar-refractivity contribution in [2.24, 2.45) is 4.99 Å². The monoisotopic (exact) mass is 633 g/mol. The molecule has 1 aliphatic heterocycles. The van der Waals surface area contributed by atoms with Crippen LogP contribution in [0.4, 0.5) is 0 Å². The van der Waals surface area contributed by atoms with Gasteiger partial charge in [-0.25, -0.2) is 15.0 Å². The molecule has 3 aliphatic rings. The quantitative estimate of drug-likeness (QED) is 0.205. The van der Waals surface area contributed by atoms with Crippen LogP contribution in [0.25, 0.3) is 71.8 Å². The smallest absolute Gasteiger partial charge is 0.159 e. The summed E-state index contributed by atoms with van der Waals surface area (Å²) >= 11 is 0. The van der Waals surface area contributed by atoms with Crippen molar-refractivity contribution in [3.63, 3.8) is 0 Å². The molecule has 0 fully saturated rings. The van der Waals surface area contributed by atoms with Crippen LogP contribution in [0, 0.1) is 6.92 Å². The average Bonchev–Trinajstić information content (AvgIpc) is 3.69. The minimum atomic E-state index is 0.747. The molecule has 7 nitrogen and oxygen atoms in total. The van der Waals surface area contributed by atoms with E-state index in [2.05, 4.69) is 102 Å². The van der Waals surface area contributed by atoms with Gasteiger partial charge in [0.1, 0.15) is 5.84 Å². The number of amidine groups is 1. The van der Waals surface area contributed by atoms with E-state index in [1.807, 2.05) is 36.9 Å². The third-order valence-corrected chi connectivity index (χ3v) is 10.8. The van der Waals surface area contributed by atoms with Gasteiger partial charge in [0.05, 0.1) is 16.6 Å². The fourth-order valence-electron chi connectivity index (χ4n) is 8.74. The van der Waals surface area contributed by atoms with Crippen molar-refractivity contribution in [1.82, 2.24) is 29.8 Å². The molecule has 0 spiro atoms. The van der Waals surface area contributed by atoms with Gasteiger partial charge < -0.3 is 14.9 Å². The normalized spacial score (nSPS) is 14.8. The van der Waals surface area contributed by atoms with Gasteiger partial charge in [0.2, 0.25) is 0 Å². The molecule has 0 atom stereocenters. The lowest BCUT2D eigenvalue weighted by atomic mass is 9.74. The fourth-order valence-corrected chi connectivity index (χ4v) is 8.74. The van der Waals surface area contributed by atoms with Crippen molar-refractivity contribution >= 4 is 49.4 Å². The number of rotatable bonds is 3. The molecule has 7 heteroatoms. The van der Waals surface area contributed by atoms with Gasteiger partial charge in [-0.1, -0.05) is 0 Å². The van der Waals surface area contributed by atoms with Crippen molar-refractivity contribution in [2.75, 3.05) is 6.54 Å². The number of benzene rings is 4. The van der Waals surface area contributed by atoms with Gasteiger partial charge in [-0.2, -0.15) is 0 Å². The summed E-state index contributed by atoms with van der Waals surface area (Å²) in [4.78, 5) is 22.2. The van der Waals surface area contributed by atoms with Crippen LogP contribution < -0.4 is 5.32 Å². The van der Waals surface area contributed by atoms with Crippen LogP contribution in [0.3, 0.4) is 0 Å². The summed E-state index contributed by atoms with van der Waals surface area (Å²) in [7, 11) is 0. The van der Waals surface area contributed by atoms with Gasteiger partial charge in [-0.3, -0.25) is 4.98 Å². The van der Waals surface area contributed by atoms with E-state index in [4.69, 9.17) is 0 Å². The van der Waals surface area contributed by atoms with Gasteiger partial charge in [0.25, 0.3) is 0 Å². The number of H-pyrrole nitrogens is 1. The summed E-state index contributed by atoms with van der Waals surface area (Å²) in [5, 5.41) is 8.55. The Bertz CT molecular complexity index is 2780. The summed E-state index contributed by atoms with van der Waals surface area (Å²) in [6.45, 7) is 2.88. The highest BCUT2D eigenvalue weighted by molar-refractivity contribution is 6.16. The first-order valence-electron chi connectivity index (χ1n) is 17.1. The Morgan fingerprint density at radius 2 is 1.49 bits per heavy atom. The predicted octanol–water partition coefficient (Wildman–Crippen LogP) is 8.31. The molecule has 0 radical (unpaired) electrons. The Morgan fingerprint density at radius 3 is 2.33 bits per heavy atom. The molecule has 2 N–H and O–H groups in total. The van der Waals surface area contributed by atoms with Crippen molar-refractivity contribution in [3.05, 3.63) is 131 Å². The first-order chi connectivity index (χ1) is 24.2. The van der Waals surface area contributed by atoms with Crippen molar-refractivity contribution in [3.8, 4) is 28.2 Å². The molecule has 0 unspecified atom stereocenters. The second kappa shape index (κ2) is 9.97. The Morgan fingerprint density at radius 1 is 0.694 bits per heavy atom. The van der Waals surface area contributed by atoms with Crippen LogP contribution in [0.5, 0.6) is 0 Å². The molecule has 4 aromatic carbocycles. The van der Waals surface area contributed by atoms with E-state index in [0.717, 1.165) is 66.4 Å². The molecule has 0 bridgehead atoms. The van der Waals surface area contributed by atoms with E-state index in [1.54, 1.807) is 0 Å². The minimum absolute atomic E-state index is 0.747. The second-order valence-electron chi connectivity index (χ2n) is 13.5. The first kappa shape index (κ1) is 26.9. The van der Waals surface area contributed by atoms with Crippen LogP contribution in [-0.4, -0.2) is 36.9 Å². The molecule has 0 saturated carbocycles. The van der Waals surface area contributed by atoms with Gasteiger partial charge >= 0.3 is 0 Å². The maximum Gasteiger partial charge on any atom is 0.159 e. The molecule has 49 heavy (non-hydrogen) atoms. The zero-order valence-corrected chi connectivity index (χ0v) is 27.0. The second-order valence-corrected chi connectivity index (χ2v) is 13.5. The summed E-state index contributed by atoms with van der Waals surface area (Å²) in [5.41, 5.74) is 18.0. The van der Waals surface area contributed by atoms with E-state index in [1.165, 1.54) is 77.0 Å². The molecule has 0 amide bonds. The van der Waals surface area contributed by atoms with E-state index in [9.17, 15) is 0 Å². The molecule has 234 valence electrons. The van der Waals surface area contributed by atoms with Gasteiger partial charge in [0.15, 0.2) is 5.82 Å². The van der Waals surface area contributed by atoms with Crippen LogP contribution in [-0.2, 0) is 25.7 Å². The van der Waals surface area contributed by atoms with Crippen LogP contribution >= 0.6 is 0 Å². The number of pyridine rings is 1. The predicted molar refractivity (Wildman–Crippen MR) is 198 cm³/mol. The highest BCUT2D eigenvalue weighted by atomic mass is 15.0. The van der Waals surface area contributed by atoms with E-state index >= 15 is 0 Å². The highest BCUT2D eigenvalue weighted by Gasteiger charge is 2.32. The number of hydrogen-bond donors (Lipinski definition) is 2. The number of nitrogens with zero attached hydrogens (tertiary/aromatic N) is 5. The van der Waals surface area contributed by atoms with E-state index in [0.29, 0.717) is 0 Å². The Balaban J connectivity index is 1.19. The molecule has 8 aromatic rings. The lowest BCUT2D eigenvalue weighted by Gasteiger charge is -2.31. The molecular formula is C42H31N7. The van der Waals surface area contributed by atoms with Crippen LogP contribution in [0.2, 0.25) is 0 Å². The number of hydrogen-bond acceptors (Lipinski definition) is 5. The van der Waals surface area contributed by atoms with Gasteiger partial charge in [-0.05, 0) is 139 Å². The standard InChI is InChI=1S/C42H31N7/c1-23-18-28(12-17-43-23)49-36-11-7-27(42-46-15-3-16-47-42)22-32(36)34-20-25-4-8-29-37-24(5-9-30(38(25)37)40(34)49)19-33-31-21-26(41-44-13-2-14-45-41)6-10-35(31)48-39(29)33/h2-3,6-7,10-13,15-22,48H,4-5,8-9,14H2,1H3,(H,44,45). The Kier molecular flexibility index (Phi) is 5.48. The summed E-state index contributed by atoms with van der Waals surface area (Å²) in [6, 6.07) is 24.6. The molecule has 5 heterocycles. The maximum absolute atomic E-state index is 4.61. The summed E-state index contributed by atoms with van der Waals surface area (Å²) in [5.74, 6) is 1.68. The topological polar surface area (TPSA) is 83.8 Å². The van der Waals surface area contributed by atoms with Crippen molar-refractivity contribution in [2.45, 2.75) is 32.6 Å². The number of aromatic nitrogens is 5. The average molecular weight is 634 g/mol. The molecule has 2 aliphatic carbocycles. The van der Waals surface area contributed by atoms with E-state index in [-0.39, 0.29) is 0 Å². The lowest BCUT2D eigenvalue weighted by Crippen LogP contribution is -2.26. The fraction of sp³-hybridized carbons (Fsp3) is 0.143. The number of aliphatic imine (C=N–C) groups is 1. The van der Waals surface area contributed by atoms with Crippen LogP contribution in [0.15, 0.2) is 103 Å².